The van der Waals surface area contributed by atoms with Crippen molar-refractivity contribution in [3.63, 3.8) is 0 Å². The molecule has 4 heteroatoms. The van der Waals surface area contributed by atoms with Crippen molar-refractivity contribution < 1.29 is 8.78 Å². The molecular weight excluding hydrogens is 246 g/mol. The Morgan fingerprint density at radius 3 is 2.37 bits per heavy atom. The zero-order valence-corrected chi connectivity index (χ0v) is 10.9. The Kier molecular flexibility index (Phi) is 3.69. The first-order valence-corrected chi connectivity index (χ1v) is 6.05. The molecule has 0 aliphatic carbocycles. The van der Waals surface area contributed by atoms with Crippen molar-refractivity contribution in [1.82, 2.24) is 0 Å². The first kappa shape index (κ1) is 13.3. The Bertz CT molecular complexity index is 579. The van der Waals surface area contributed by atoms with E-state index in [9.17, 15) is 8.78 Å². The lowest BCUT2D eigenvalue weighted by Gasteiger charge is -2.18. The van der Waals surface area contributed by atoms with Crippen molar-refractivity contribution in [1.29, 1.82) is 0 Å². The number of anilines is 2. The van der Waals surface area contributed by atoms with Gasteiger partial charge in [-0.2, -0.15) is 0 Å². The van der Waals surface area contributed by atoms with Gasteiger partial charge in [0.25, 0.3) is 0 Å². The summed E-state index contributed by atoms with van der Waals surface area (Å²) in [5, 5.41) is 3.20. The minimum Gasteiger partial charge on any atom is -0.397 e. The van der Waals surface area contributed by atoms with E-state index < -0.39 is 0 Å². The normalized spacial score (nSPS) is 12.2. The molecule has 0 aliphatic heterocycles. The van der Waals surface area contributed by atoms with E-state index in [1.807, 2.05) is 6.92 Å². The number of nitrogens with two attached hydrogens (primary N) is 1. The lowest BCUT2D eigenvalue weighted by molar-refractivity contribution is 0.619. The highest BCUT2D eigenvalue weighted by Crippen LogP contribution is 2.26. The lowest BCUT2D eigenvalue weighted by Crippen LogP contribution is -2.09. The Balaban J connectivity index is 2.21. The molecule has 2 aromatic carbocycles. The van der Waals surface area contributed by atoms with Gasteiger partial charge in [0.2, 0.25) is 0 Å². The number of hydrogen-bond acceptors (Lipinski definition) is 2. The monoisotopic (exact) mass is 262 g/mol. The van der Waals surface area contributed by atoms with Crippen molar-refractivity contribution in [2.45, 2.75) is 19.9 Å². The molecule has 0 amide bonds. The summed E-state index contributed by atoms with van der Waals surface area (Å²) in [5.41, 5.74) is 8.28. The maximum absolute atomic E-state index is 13.3. The molecule has 0 bridgehead atoms. The maximum Gasteiger partial charge on any atom is 0.128 e. The van der Waals surface area contributed by atoms with E-state index in [1.165, 1.54) is 18.2 Å². The summed E-state index contributed by atoms with van der Waals surface area (Å²) in [6, 6.07) is 9.16. The second kappa shape index (κ2) is 5.26. The van der Waals surface area contributed by atoms with Gasteiger partial charge in [-0.1, -0.05) is 12.1 Å². The van der Waals surface area contributed by atoms with Crippen molar-refractivity contribution in [3.05, 3.63) is 59.2 Å². The third-order valence-corrected chi connectivity index (χ3v) is 3.07. The fraction of sp³-hybridized carbons (Fsp3) is 0.200. The van der Waals surface area contributed by atoms with Gasteiger partial charge >= 0.3 is 0 Å². The van der Waals surface area contributed by atoms with Gasteiger partial charge in [-0.15, -0.1) is 0 Å². The third-order valence-electron chi connectivity index (χ3n) is 3.07. The van der Waals surface area contributed by atoms with Crippen molar-refractivity contribution in [2.24, 2.45) is 0 Å². The number of nitrogen functional groups attached to an aromatic ring is 1. The van der Waals surface area contributed by atoms with Crippen LogP contribution in [0.5, 0.6) is 0 Å². The van der Waals surface area contributed by atoms with Crippen LogP contribution in [0.15, 0.2) is 36.4 Å². The van der Waals surface area contributed by atoms with Crippen LogP contribution >= 0.6 is 0 Å². The van der Waals surface area contributed by atoms with Crippen LogP contribution in [0.1, 0.15) is 24.1 Å². The molecule has 100 valence electrons. The minimum atomic E-state index is -0.322. The quantitative estimate of drug-likeness (QED) is 0.820. The van der Waals surface area contributed by atoms with Gasteiger partial charge in [-0.3, -0.25) is 0 Å². The van der Waals surface area contributed by atoms with Gasteiger partial charge < -0.3 is 11.1 Å². The summed E-state index contributed by atoms with van der Waals surface area (Å²) in [5.74, 6) is -0.592. The topological polar surface area (TPSA) is 38.0 Å². The largest absolute Gasteiger partial charge is 0.397 e. The molecule has 0 radical (unpaired) electrons. The standard InChI is InChI=1S/C15H16F2N2/c1-9-7-15(14(18)8-13(9)17)19-10(2)11-3-5-12(16)6-4-11/h3-8,10,19H,18H2,1-2H3. The number of nitrogens with one attached hydrogen (secondary N) is 1. The van der Waals surface area contributed by atoms with Crippen LogP contribution < -0.4 is 11.1 Å². The Hall–Kier alpha value is -2.10. The third kappa shape index (κ3) is 3.02. The first-order chi connectivity index (χ1) is 8.97. The summed E-state index contributed by atoms with van der Waals surface area (Å²) >= 11 is 0. The summed E-state index contributed by atoms with van der Waals surface area (Å²) in [4.78, 5) is 0. The fourth-order valence-electron chi connectivity index (χ4n) is 1.89. The van der Waals surface area contributed by atoms with Gasteiger partial charge in [-0.25, -0.2) is 8.78 Å². The van der Waals surface area contributed by atoms with E-state index in [0.29, 0.717) is 16.9 Å². The highest BCUT2D eigenvalue weighted by atomic mass is 19.1. The van der Waals surface area contributed by atoms with E-state index in [2.05, 4.69) is 5.32 Å². The van der Waals surface area contributed by atoms with Crippen LogP contribution in [0.25, 0.3) is 0 Å². The average Bonchev–Trinajstić information content (AvgIpc) is 2.36. The number of rotatable bonds is 3. The van der Waals surface area contributed by atoms with Gasteiger partial charge in [0.05, 0.1) is 11.4 Å². The highest BCUT2D eigenvalue weighted by molar-refractivity contribution is 5.67. The second-order valence-corrected chi connectivity index (χ2v) is 4.61. The predicted octanol–water partition coefficient (Wildman–Crippen LogP) is 4.03. The number of halogens is 2. The van der Waals surface area contributed by atoms with Crippen LogP contribution in [0.4, 0.5) is 20.2 Å². The molecule has 19 heavy (non-hydrogen) atoms. The molecule has 1 unspecified atom stereocenters. The molecule has 1 atom stereocenters. The average molecular weight is 262 g/mol. The summed E-state index contributed by atoms with van der Waals surface area (Å²) in [7, 11) is 0. The molecule has 3 N–H and O–H groups in total. The molecule has 0 heterocycles. The molecule has 0 saturated heterocycles. The van der Waals surface area contributed by atoms with Crippen molar-refractivity contribution in [2.75, 3.05) is 11.1 Å². The molecule has 0 aromatic heterocycles. The Morgan fingerprint density at radius 1 is 1.11 bits per heavy atom. The molecule has 0 aliphatic rings. The number of benzene rings is 2. The molecule has 2 rings (SSSR count). The Labute approximate surface area is 111 Å². The van der Waals surface area contributed by atoms with E-state index in [0.717, 1.165) is 5.56 Å². The lowest BCUT2D eigenvalue weighted by atomic mass is 10.1. The van der Waals surface area contributed by atoms with Crippen LogP contribution in [0, 0.1) is 18.6 Å². The first-order valence-electron chi connectivity index (χ1n) is 6.05. The van der Waals surface area contributed by atoms with E-state index >= 15 is 0 Å². The molecule has 0 saturated carbocycles. The van der Waals surface area contributed by atoms with Crippen LogP contribution in [0.3, 0.4) is 0 Å². The van der Waals surface area contributed by atoms with Crippen LogP contribution in [-0.4, -0.2) is 0 Å². The molecule has 0 fully saturated rings. The molecule has 0 spiro atoms. The second-order valence-electron chi connectivity index (χ2n) is 4.61. The summed E-state index contributed by atoms with van der Waals surface area (Å²) < 4.78 is 26.2. The zero-order valence-electron chi connectivity index (χ0n) is 10.9. The van der Waals surface area contributed by atoms with Gasteiger partial charge in [0.1, 0.15) is 11.6 Å². The summed E-state index contributed by atoms with van der Waals surface area (Å²) in [6.45, 7) is 3.62. The van der Waals surface area contributed by atoms with Crippen molar-refractivity contribution >= 4 is 11.4 Å². The number of aryl methyl sites for hydroxylation is 1. The molecule has 2 nitrogen and oxygen atoms in total. The molecular formula is C15H16F2N2. The van der Waals surface area contributed by atoms with Crippen LogP contribution in [0.2, 0.25) is 0 Å². The van der Waals surface area contributed by atoms with E-state index in [-0.39, 0.29) is 17.7 Å². The van der Waals surface area contributed by atoms with Gasteiger partial charge in [-0.05, 0) is 49.2 Å². The predicted molar refractivity (Wildman–Crippen MR) is 74.0 cm³/mol. The van der Waals surface area contributed by atoms with E-state index in [1.54, 1.807) is 25.1 Å². The fourth-order valence-corrected chi connectivity index (χ4v) is 1.89. The molecule has 2 aromatic rings. The highest BCUT2D eigenvalue weighted by Gasteiger charge is 2.09. The maximum atomic E-state index is 13.3. The smallest absolute Gasteiger partial charge is 0.128 e. The van der Waals surface area contributed by atoms with E-state index in [4.69, 9.17) is 5.73 Å². The van der Waals surface area contributed by atoms with Gasteiger partial charge in [0.15, 0.2) is 0 Å². The minimum absolute atomic E-state index is 0.0484. The number of hydrogen-bond donors (Lipinski definition) is 2. The SMILES string of the molecule is Cc1cc(NC(C)c2ccc(F)cc2)c(N)cc1F. The van der Waals surface area contributed by atoms with Crippen LogP contribution in [-0.2, 0) is 0 Å². The zero-order chi connectivity index (χ0) is 14.0. The summed E-state index contributed by atoms with van der Waals surface area (Å²) in [6.07, 6.45) is 0. The Morgan fingerprint density at radius 2 is 1.74 bits per heavy atom. The van der Waals surface area contributed by atoms with Gasteiger partial charge in [0, 0.05) is 6.04 Å². The van der Waals surface area contributed by atoms with Crippen molar-refractivity contribution in [3.8, 4) is 0 Å².